The molecule has 112 valence electrons. The van der Waals surface area contributed by atoms with Crippen molar-refractivity contribution in [1.29, 1.82) is 0 Å². The normalized spacial score (nSPS) is 19.0. The van der Waals surface area contributed by atoms with Crippen molar-refractivity contribution in [1.82, 2.24) is 9.38 Å². The van der Waals surface area contributed by atoms with Crippen LogP contribution in [0.3, 0.4) is 0 Å². The number of halogens is 2. The lowest BCUT2D eigenvalue weighted by atomic mass is 9.86. The van der Waals surface area contributed by atoms with E-state index in [0.717, 1.165) is 11.2 Å². The zero-order chi connectivity index (χ0) is 15.5. The molecule has 1 aliphatic rings. The molecular formula is C16H13F2N3S. The Kier molecular flexibility index (Phi) is 2.61. The van der Waals surface area contributed by atoms with Crippen molar-refractivity contribution in [2.75, 3.05) is 0 Å². The lowest BCUT2D eigenvalue weighted by Crippen LogP contribution is -2.43. The molecule has 0 saturated carbocycles. The van der Waals surface area contributed by atoms with Gasteiger partial charge in [-0.05, 0) is 37.4 Å². The van der Waals surface area contributed by atoms with E-state index >= 15 is 0 Å². The van der Waals surface area contributed by atoms with Crippen LogP contribution in [0.2, 0.25) is 0 Å². The van der Waals surface area contributed by atoms with Gasteiger partial charge in [0.1, 0.15) is 11.2 Å². The summed E-state index contributed by atoms with van der Waals surface area (Å²) >= 11 is 1.29. The van der Waals surface area contributed by atoms with Gasteiger partial charge in [-0.25, -0.2) is 4.98 Å². The van der Waals surface area contributed by atoms with Crippen LogP contribution in [0.25, 0.3) is 5.65 Å². The van der Waals surface area contributed by atoms with Gasteiger partial charge < -0.3 is 4.40 Å². The highest BCUT2D eigenvalue weighted by Crippen LogP contribution is 2.48. The first-order valence-electron chi connectivity index (χ1n) is 6.89. The Hall–Kier alpha value is -2.08. The number of aliphatic imine (C=N–C) groups is 1. The van der Waals surface area contributed by atoms with E-state index in [1.54, 1.807) is 11.6 Å². The van der Waals surface area contributed by atoms with E-state index in [9.17, 15) is 8.78 Å². The molecule has 3 aromatic rings. The molecule has 0 bridgehead atoms. The largest absolute Gasteiger partial charge is 0.308 e. The fraction of sp³-hybridized carbons (Fsp3) is 0.250. The second kappa shape index (κ2) is 4.23. The van der Waals surface area contributed by atoms with Crippen molar-refractivity contribution < 1.29 is 8.78 Å². The predicted octanol–water partition coefficient (Wildman–Crippen LogP) is 4.12. The van der Waals surface area contributed by atoms with Crippen molar-refractivity contribution in [3.8, 4) is 0 Å². The van der Waals surface area contributed by atoms with Gasteiger partial charge in [0, 0.05) is 29.7 Å². The maximum Gasteiger partial charge on any atom is 0.298 e. The van der Waals surface area contributed by atoms with Gasteiger partial charge >= 0.3 is 0 Å². The van der Waals surface area contributed by atoms with Crippen molar-refractivity contribution in [3.05, 3.63) is 58.2 Å². The van der Waals surface area contributed by atoms with Gasteiger partial charge in [-0.1, -0.05) is 0 Å². The number of hydrogen-bond acceptors (Lipinski definition) is 3. The molecule has 0 saturated heterocycles. The molecule has 4 heterocycles. The summed E-state index contributed by atoms with van der Waals surface area (Å²) in [6.45, 7) is 2.93. The molecule has 0 aromatic carbocycles. The molecule has 0 N–H and O–H groups in total. The first kappa shape index (κ1) is 13.6. The first-order valence-corrected chi connectivity index (χ1v) is 7.77. The van der Waals surface area contributed by atoms with Crippen molar-refractivity contribution in [3.63, 3.8) is 0 Å². The maximum absolute atomic E-state index is 14.6. The molecule has 0 unspecified atom stereocenters. The van der Waals surface area contributed by atoms with E-state index in [0.29, 0.717) is 10.6 Å². The first-order chi connectivity index (χ1) is 10.4. The minimum Gasteiger partial charge on any atom is -0.308 e. The average Bonchev–Trinajstić information content (AvgIpc) is 3.11. The molecule has 1 aliphatic heterocycles. The maximum atomic E-state index is 14.6. The van der Waals surface area contributed by atoms with Crippen LogP contribution < -0.4 is 0 Å². The summed E-state index contributed by atoms with van der Waals surface area (Å²) in [6, 6.07) is 5.28. The van der Waals surface area contributed by atoms with E-state index in [2.05, 4.69) is 9.98 Å². The van der Waals surface area contributed by atoms with Crippen LogP contribution in [-0.2, 0) is 5.92 Å². The molecular weight excluding hydrogens is 304 g/mol. The predicted molar refractivity (Wildman–Crippen MR) is 83.1 cm³/mol. The summed E-state index contributed by atoms with van der Waals surface area (Å²) in [4.78, 5) is 9.25. The van der Waals surface area contributed by atoms with E-state index in [1.165, 1.54) is 31.3 Å². The van der Waals surface area contributed by atoms with Gasteiger partial charge in [-0.3, -0.25) is 4.99 Å². The van der Waals surface area contributed by atoms with Crippen molar-refractivity contribution in [2.45, 2.75) is 25.3 Å². The Morgan fingerprint density at radius 2 is 2.05 bits per heavy atom. The van der Waals surface area contributed by atoms with Crippen LogP contribution >= 0.6 is 11.3 Å². The van der Waals surface area contributed by atoms with Gasteiger partial charge in [-0.2, -0.15) is 8.78 Å². The minimum atomic E-state index is -2.98. The van der Waals surface area contributed by atoms with Crippen molar-refractivity contribution >= 4 is 22.7 Å². The monoisotopic (exact) mass is 317 g/mol. The highest BCUT2D eigenvalue weighted by molar-refractivity contribution is 7.12. The van der Waals surface area contributed by atoms with Crippen LogP contribution in [0.5, 0.6) is 0 Å². The van der Waals surface area contributed by atoms with Gasteiger partial charge in [0.25, 0.3) is 5.92 Å². The lowest BCUT2D eigenvalue weighted by Gasteiger charge is -2.35. The molecule has 0 radical (unpaired) electrons. The van der Waals surface area contributed by atoms with E-state index in [-0.39, 0.29) is 5.56 Å². The summed E-state index contributed by atoms with van der Waals surface area (Å²) in [7, 11) is 0. The number of hydrogen-bond donors (Lipinski definition) is 0. The van der Waals surface area contributed by atoms with Crippen LogP contribution in [0.1, 0.15) is 29.9 Å². The third-order valence-corrected chi connectivity index (χ3v) is 4.94. The highest BCUT2D eigenvalue weighted by atomic mass is 32.1. The summed E-state index contributed by atoms with van der Waals surface area (Å²) < 4.78 is 31.0. The summed E-state index contributed by atoms with van der Waals surface area (Å²) in [5.74, 6) is -2.98. The summed E-state index contributed by atoms with van der Waals surface area (Å²) in [6.07, 6.45) is 5.45. The number of fused-ring (bicyclic) bond motifs is 2. The topological polar surface area (TPSA) is 29.7 Å². The number of alkyl halides is 2. The third kappa shape index (κ3) is 1.70. The molecule has 0 aliphatic carbocycles. The molecule has 0 atom stereocenters. The molecule has 22 heavy (non-hydrogen) atoms. The smallest absolute Gasteiger partial charge is 0.298 e. The van der Waals surface area contributed by atoms with E-state index in [4.69, 9.17) is 0 Å². The zero-order valence-corrected chi connectivity index (χ0v) is 12.9. The molecule has 3 aromatic heterocycles. The number of aromatic nitrogens is 2. The number of rotatable bonds is 1. The molecule has 6 heteroatoms. The zero-order valence-electron chi connectivity index (χ0n) is 12.0. The minimum absolute atomic E-state index is 0.0557. The van der Waals surface area contributed by atoms with Crippen LogP contribution in [0, 0.1) is 0 Å². The standard InChI is InChI=1S/C16H13F2N3S/c1-15(2)16(17,18)11-5-7-22-14(11)13(20-15)10-8-19-12-4-3-6-21(12)9-10/h3-9H,1-2H3. The van der Waals surface area contributed by atoms with E-state index < -0.39 is 11.5 Å². The molecule has 0 spiro atoms. The Balaban J connectivity index is 1.96. The Morgan fingerprint density at radius 1 is 1.23 bits per heavy atom. The van der Waals surface area contributed by atoms with Gasteiger partial charge in [0.2, 0.25) is 0 Å². The SMILES string of the molecule is CC1(C)N=C(c2cnc3cccn3c2)c2sccc2C1(F)F. The third-order valence-electron chi connectivity index (χ3n) is 4.02. The van der Waals surface area contributed by atoms with Crippen LogP contribution in [-0.4, -0.2) is 20.6 Å². The molecule has 0 fully saturated rings. The van der Waals surface area contributed by atoms with Gasteiger partial charge in [0.05, 0.1) is 10.6 Å². The fourth-order valence-electron chi connectivity index (χ4n) is 2.71. The Bertz CT molecular complexity index is 905. The summed E-state index contributed by atoms with van der Waals surface area (Å²) in [5, 5.41) is 1.69. The lowest BCUT2D eigenvalue weighted by molar-refractivity contribution is -0.0677. The van der Waals surface area contributed by atoms with Crippen LogP contribution in [0.15, 0.2) is 47.2 Å². The fourth-order valence-corrected chi connectivity index (χ4v) is 3.65. The van der Waals surface area contributed by atoms with Gasteiger partial charge in [0.15, 0.2) is 0 Å². The molecule has 3 nitrogen and oxygen atoms in total. The average molecular weight is 317 g/mol. The highest BCUT2D eigenvalue weighted by Gasteiger charge is 2.53. The number of thiophene rings is 1. The Labute approximate surface area is 130 Å². The summed E-state index contributed by atoms with van der Waals surface area (Å²) in [5.41, 5.74) is 0.721. The van der Waals surface area contributed by atoms with Gasteiger partial charge in [-0.15, -0.1) is 11.3 Å². The second-order valence-corrected chi connectivity index (χ2v) is 6.79. The van der Waals surface area contributed by atoms with Crippen molar-refractivity contribution in [2.24, 2.45) is 4.99 Å². The molecule has 0 amide bonds. The quantitative estimate of drug-likeness (QED) is 0.664. The Morgan fingerprint density at radius 3 is 2.86 bits per heavy atom. The van der Waals surface area contributed by atoms with E-state index in [1.807, 2.05) is 28.9 Å². The number of nitrogens with zero attached hydrogens (tertiary/aromatic N) is 3. The molecule has 4 rings (SSSR count). The van der Waals surface area contributed by atoms with Crippen LogP contribution in [0.4, 0.5) is 8.78 Å². The second-order valence-electron chi connectivity index (χ2n) is 5.87.